The fraction of sp³-hybridized carbons (Fsp3) is 0.800. The zero-order valence-corrected chi connectivity index (χ0v) is 11.4. The van der Waals surface area contributed by atoms with Crippen molar-refractivity contribution in [3.8, 4) is 6.07 Å². The minimum atomic E-state index is -1.09. The van der Waals surface area contributed by atoms with Gasteiger partial charge in [0.2, 0.25) is 5.91 Å². The summed E-state index contributed by atoms with van der Waals surface area (Å²) in [7, 11) is 0. The van der Waals surface area contributed by atoms with Crippen LogP contribution >= 0.6 is 0 Å². The van der Waals surface area contributed by atoms with Crippen molar-refractivity contribution in [2.24, 2.45) is 11.8 Å². The first-order valence-electron chi connectivity index (χ1n) is 7.46. The molecule has 0 aromatic carbocycles. The highest BCUT2D eigenvalue weighted by Crippen LogP contribution is 2.28. The number of Topliss-reactive ketones (excluding diaryl/α,β-unsaturated/α-hetero) is 1. The van der Waals surface area contributed by atoms with Crippen molar-refractivity contribution >= 4 is 11.7 Å². The van der Waals surface area contributed by atoms with Gasteiger partial charge in [0.1, 0.15) is 0 Å². The van der Waals surface area contributed by atoms with Gasteiger partial charge in [-0.15, -0.1) is 0 Å². The Morgan fingerprint density at radius 1 is 1.00 bits per heavy atom. The van der Waals surface area contributed by atoms with Crippen LogP contribution in [0, 0.1) is 23.2 Å². The van der Waals surface area contributed by atoms with Crippen LogP contribution in [-0.4, -0.2) is 17.7 Å². The first kappa shape index (κ1) is 14.0. The molecule has 4 nitrogen and oxygen atoms in total. The molecule has 104 valence electrons. The molecule has 2 fully saturated rings. The predicted molar refractivity (Wildman–Crippen MR) is 71.1 cm³/mol. The maximum Gasteiger partial charge on any atom is 0.245 e. The van der Waals surface area contributed by atoms with Gasteiger partial charge in [-0.1, -0.05) is 32.1 Å². The van der Waals surface area contributed by atoms with Gasteiger partial charge in [0.25, 0.3) is 0 Å². The fourth-order valence-electron chi connectivity index (χ4n) is 3.23. The van der Waals surface area contributed by atoms with Crippen molar-refractivity contribution in [1.29, 1.82) is 5.26 Å². The standard InChI is InChI=1S/C15H22N2O2/c16-10-13(14(18)11-6-4-5-7-11)15(19)17-12-8-2-1-3-9-12/h11-13H,1-9H2,(H,17,19). The SMILES string of the molecule is N#CC(C(=O)NC1CCCCC1)C(=O)C1CCCC1. The Labute approximate surface area is 114 Å². The number of carbonyl (C=O) groups is 2. The zero-order valence-electron chi connectivity index (χ0n) is 11.4. The molecule has 2 aliphatic rings. The van der Waals surface area contributed by atoms with E-state index in [0.29, 0.717) is 0 Å². The van der Waals surface area contributed by atoms with Crippen LogP contribution in [0.4, 0.5) is 0 Å². The van der Waals surface area contributed by atoms with Crippen molar-refractivity contribution in [1.82, 2.24) is 5.32 Å². The first-order valence-corrected chi connectivity index (χ1v) is 7.46. The molecule has 2 saturated carbocycles. The average molecular weight is 262 g/mol. The Hall–Kier alpha value is -1.37. The van der Waals surface area contributed by atoms with Crippen molar-refractivity contribution in [2.45, 2.75) is 63.8 Å². The number of amides is 1. The molecule has 1 atom stereocenters. The van der Waals surface area contributed by atoms with Gasteiger partial charge in [0, 0.05) is 12.0 Å². The van der Waals surface area contributed by atoms with Crippen molar-refractivity contribution in [2.75, 3.05) is 0 Å². The molecule has 2 aliphatic carbocycles. The Balaban J connectivity index is 1.90. The lowest BCUT2D eigenvalue weighted by Crippen LogP contribution is -2.43. The Kier molecular flexibility index (Phi) is 4.95. The summed E-state index contributed by atoms with van der Waals surface area (Å²) in [4.78, 5) is 24.3. The third kappa shape index (κ3) is 3.56. The van der Waals surface area contributed by atoms with Crippen LogP contribution in [0.5, 0.6) is 0 Å². The van der Waals surface area contributed by atoms with E-state index in [0.717, 1.165) is 51.4 Å². The smallest absolute Gasteiger partial charge is 0.245 e. The number of rotatable bonds is 4. The van der Waals surface area contributed by atoms with E-state index in [-0.39, 0.29) is 23.7 Å². The maximum absolute atomic E-state index is 12.2. The number of nitrogens with zero attached hydrogens (tertiary/aromatic N) is 1. The summed E-state index contributed by atoms with van der Waals surface area (Å²) >= 11 is 0. The van der Waals surface area contributed by atoms with Crippen LogP contribution in [0.15, 0.2) is 0 Å². The quantitative estimate of drug-likeness (QED) is 0.790. The van der Waals surface area contributed by atoms with Crippen molar-refractivity contribution in [3.05, 3.63) is 0 Å². The number of hydrogen-bond acceptors (Lipinski definition) is 3. The number of nitriles is 1. The summed E-state index contributed by atoms with van der Waals surface area (Å²) in [6.45, 7) is 0. The second-order valence-electron chi connectivity index (χ2n) is 5.79. The molecule has 0 aromatic rings. The molecule has 0 saturated heterocycles. The lowest BCUT2D eigenvalue weighted by molar-refractivity contribution is -0.134. The topological polar surface area (TPSA) is 70.0 Å². The summed E-state index contributed by atoms with van der Waals surface area (Å²) in [5, 5.41) is 12.0. The summed E-state index contributed by atoms with van der Waals surface area (Å²) < 4.78 is 0. The van der Waals surface area contributed by atoms with E-state index in [1.807, 2.05) is 6.07 Å². The highest BCUT2D eigenvalue weighted by atomic mass is 16.2. The van der Waals surface area contributed by atoms with E-state index in [4.69, 9.17) is 5.26 Å². The third-order valence-corrected chi connectivity index (χ3v) is 4.38. The molecule has 0 aliphatic heterocycles. The van der Waals surface area contributed by atoms with Crippen LogP contribution in [-0.2, 0) is 9.59 Å². The van der Waals surface area contributed by atoms with Crippen LogP contribution in [0.3, 0.4) is 0 Å². The summed E-state index contributed by atoms with van der Waals surface area (Å²) in [6, 6.07) is 2.07. The molecule has 2 rings (SSSR count). The number of carbonyl (C=O) groups excluding carboxylic acids is 2. The van der Waals surface area contributed by atoms with Gasteiger partial charge in [0.05, 0.1) is 6.07 Å². The predicted octanol–water partition coefficient (Wildman–Crippen LogP) is 2.33. The molecule has 1 N–H and O–H groups in total. The van der Waals surface area contributed by atoms with Gasteiger partial charge in [0.15, 0.2) is 11.7 Å². The normalized spacial score (nSPS) is 22.7. The minimum Gasteiger partial charge on any atom is -0.352 e. The third-order valence-electron chi connectivity index (χ3n) is 4.38. The lowest BCUT2D eigenvalue weighted by Gasteiger charge is -2.24. The van der Waals surface area contributed by atoms with Gasteiger partial charge in [-0.3, -0.25) is 9.59 Å². The molecule has 0 heterocycles. The number of hydrogen-bond donors (Lipinski definition) is 1. The van der Waals surface area contributed by atoms with Crippen molar-refractivity contribution < 1.29 is 9.59 Å². The summed E-state index contributed by atoms with van der Waals surface area (Å²) in [5.74, 6) is -1.69. The highest BCUT2D eigenvalue weighted by molar-refractivity contribution is 6.05. The monoisotopic (exact) mass is 262 g/mol. The zero-order chi connectivity index (χ0) is 13.7. The summed E-state index contributed by atoms with van der Waals surface area (Å²) in [5.41, 5.74) is 0. The first-order chi connectivity index (χ1) is 9.22. The Morgan fingerprint density at radius 3 is 2.16 bits per heavy atom. The Bertz CT molecular complexity index is 374. The van der Waals surface area contributed by atoms with E-state index in [9.17, 15) is 9.59 Å². The highest BCUT2D eigenvalue weighted by Gasteiger charge is 2.34. The van der Waals surface area contributed by atoms with E-state index < -0.39 is 5.92 Å². The molecule has 0 radical (unpaired) electrons. The molecular formula is C15H22N2O2. The number of ketones is 1. The van der Waals surface area contributed by atoms with E-state index in [1.54, 1.807) is 0 Å². The largest absolute Gasteiger partial charge is 0.352 e. The van der Waals surface area contributed by atoms with E-state index in [2.05, 4.69) is 5.32 Å². The average Bonchev–Trinajstić information content (AvgIpc) is 2.94. The minimum absolute atomic E-state index is 0.0678. The van der Waals surface area contributed by atoms with E-state index >= 15 is 0 Å². The van der Waals surface area contributed by atoms with Gasteiger partial charge in [-0.05, 0) is 25.7 Å². The molecule has 0 bridgehead atoms. The molecule has 1 unspecified atom stereocenters. The van der Waals surface area contributed by atoms with Gasteiger partial charge in [-0.25, -0.2) is 0 Å². The van der Waals surface area contributed by atoms with Gasteiger partial charge >= 0.3 is 0 Å². The molecule has 1 amide bonds. The lowest BCUT2D eigenvalue weighted by atomic mass is 9.90. The maximum atomic E-state index is 12.2. The summed E-state index contributed by atoms with van der Waals surface area (Å²) in [6.07, 6.45) is 9.18. The molecule has 0 aromatic heterocycles. The molecular weight excluding hydrogens is 240 g/mol. The fourth-order valence-corrected chi connectivity index (χ4v) is 3.23. The Morgan fingerprint density at radius 2 is 1.58 bits per heavy atom. The van der Waals surface area contributed by atoms with Gasteiger partial charge in [-0.2, -0.15) is 5.26 Å². The number of nitrogens with one attached hydrogen (secondary N) is 1. The van der Waals surface area contributed by atoms with Gasteiger partial charge < -0.3 is 5.32 Å². The molecule has 0 spiro atoms. The molecule has 4 heteroatoms. The second-order valence-corrected chi connectivity index (χ2v) is 5.79. The van der Waals surface area contributed by atoms with Crippen molar-refractivity contribution in [3.63, 3.8) is 0 Å². The van der Waals surface area contributed by atoms with Crippen LogP contribution in [0.25, 0.3) is 0 Å². The van der Waals surface area contributed by atoms with Crippen LogP contribution < -0.4 is 5.32 Å². The van der Waals surface area contributed by atoms with Crippen LogP contribution in [0.1, 0.15) is 57.8 Å². The van der Waals surface area contributed by atoms with E-state index in [1.165, 1.54) is 6.42 Å². The van der Waals surface area contributed by atoms with Crippen LogP contribution in [0.2, 0.25) is 0 Å². The second kappa shape index (κ2) is 6.70. The molecule has 19 heavy (non-hydrogen) atoms.